The first-order valence-electron chi connectivity index (χ1n) is 6.86. The molecule has 2 saturated carbocycles. The Bertz CT molecular complexity index is 332. The summed E-state index contributed by atoms with van der Waals surface area (Å²) in [5, 5.41) is 0. The Morgan fingerprint density at radius 1 is 1.31 bits per heavy atom. The summed E-state index contributed by atoms with van der Waals surface area (Å²) < 4.78 is 0. The molecule has 0 N–H and O–H groups in total. The van der Waals surface area contributed by atoms with E-state index < -0.39 is 0 Å². The molecule has 90 valence electrons. The van der Waals surface area contributed by atoms with E-state index in [0.29, 0.717) is 11.0 Å². The van der Waals surface area contributed by atoms with Gasteiger partial charge < -0.3 is 4.90 Å². The van der Waals surface area contributed by atoms with Crippen LogP contribution < -0.4 is 0 Å². The minimum atomic E-state index is 0.530. The van der Waals surface area contributed by atoms with Crippen molar-refractivity contribution < 1.29 is 0 Å². The summed E-state index contributed by atoms with van der Waals surface area (Å²) in [4.78, 5) is 2.54. The average molecular weight is 219 g/mol. The van der Waals surface area contributed by atoms with Gasteiger partial charge >= 0.3 is 0 Å². The van der Waals surface area contributed by atoms with Gasteiger partial charge in [0.25, 0.3) is 0 Å². The van der Waals surface area contributed by atoms with Crippen molar-refractivity contribution in [1.29, 1.82) is 0 Å². The summed E-state index contributed by atoms with van der Waals surface area (Å²) in [7, 11) is 4.60. The van der Waals surface area contributed by atoms with Gasteiger partial charge in [-0.2, -0.15) is 0 Å². The van der Waals surface area contributed by atoms with E-state index in [1.807, 2.05) is 0 Å². The lowest BCUT2D eigenvalue weighted by Gasteiger charge is -2.66. The maximum Gasteiger partial charge on any atom is 0.0265 e. The second-order valence-corrected chi connectivity index (χ2v) is 6.78. The molecule has 5 unspecified atom stereocenters. The van der Waals surface area contributed by atoms with Crippen LogP contribution in [0.3, 0.4) is 0 Å². The first kappa shape index (κ1) is 10.8. The minimum absolute atomic E-state index is 0.530. The van der Waals surface area contributed by atoms with Gasteiger partial charge in [-0.1, -0.05) is 26.0 Å². The number of hydrogen-bond donors (Lipinski definition) is 0. The van der Waals surface area contributed by atoms with Crippen molar-refractivity contribution in [3.05, 3.63) is 12.2 Å². The second-order valence-electron chi connectivity index (χ2n) is 6.78. The summed E-state index contributed by atoms with van der Waals surface area (Å²) >= 11 is 0. The summed E-state index contributed by atoms with van der Waals surface area (Å²) in [6.07, 6.45) is 10.6. The largest absolute Gasteiger partial charge is 0.303 e. The van der Waals surface area contributed by atoms with Crippen LogP contribution in [0, 0.1) is 23.2 Å². The second kappa shape index (κ2) is 3.13. The fraction of sp³-hybridized carbons (Fsp3) is 0.867. The Labute approximate surface area is 99.9 Å². The maximum absolute atomic E-state index is 2.59. The molecule has 0 aliphatic heterocycles. The monoisotopic (exact) mass is 219 g/mol. The third-order valence-electron chi connectivity index (χ3n) is 6.44. The van der Waals surface area contributed by atoms with Gasteiger partial charge in [0.15, 0.2) is 0 Å². The lowest BCUT2D eigenvalue weighted by atomic mass is 9.45. The normalized spacial score (nSPS) is 54.7. The molecule has 3 rings (SSSR count). The van der Waals surface area contributed by atoms with Crippen LogP contribution in [-0.2, 0) is 0 Å². The molecule has 1 nitrogen and oxygen atoms in total. The third kappa shape index (κ3) is 0.971. The maximum atomic E-state index is 2.59. The number of nitrogens with zero attached hydrogens (tertiary/aromatic N) is 1. The molecule has 0 aromatic rings. The van der Waals surface area contributed by atoms with Crippen LogP contribution in [0.15, 0.2) is 12.2 Å². The Morgan fingerprint density at radius 2 is 2.06 bits per heavy atom. The van der Waals surface area contributed by atoms with Crippen LogP contribution in [0.25, 0.3) is 0 Å². The molecule has 3 aliphatic rings. The Hall–Kier alpha value is -0.300. The van der Waals surface area contributed by atoms with Gasteiger partial charge in [-0.15, -0.1) is 0 Å². The molecule has 5 atom stereocenters. The summed E-state index contributed by atoms with van der Waals surface area (Å²) in [6, 6.07) is 0. The lowest BCUT2D eigenvalue weighted by molar-refractivity contribution is -0.154. The fourth-order valence-electron chi connectivity index (χ4n) is 5.35. The van der Waals surface area contributed by atoms with Crippen molar-refractivity contribution in [3.63, 3.8) is 0 Å². The van der Waals surface area contributed by atoms with Gasteiger partial charge in [0, 0.05) is 5.54 Å². The number of hydrogen-bond acceptors (Lipinski definition) is 1. The summed E-state index contributed by atoms with van der Waals surface area (Å²) in [5.74, 6) is 2.66. The molecule has 2 fully saturated rings. The lowest BCUT2D eigenvalue weighted by Crippen LogP contribution is -2.68. The van der Waals surface area contributed by atoms with Crippen molar-refractivity contribution in [1.82, 2.24) is 4.90 Å². The van der Waals surface area contributed by atoms with Crippen LogP contribution in [0.4, 0.5) is 0 Å². The van der Waals surface area contributed by atoms with E-state index in [-0.39, 0.29) is 0 Å². The minimum Gasteiger partial charge on any atom is -0.303 e. The highest BCUT2D eigenvalue weighted by Gasteiger charge is 2.70. The summed E-state index contributed by atoms with van der Waals surface area (Å²) in [5.41, 5.74) is 1.11. The Morgan fingerprint density at radius 3 is 2.75 bits per heavy atom. The van der Waals surface area contributed by atoms with Gasteiger partial charge in [0.1, 0.15) is 0 Å². The average Bonchev–Trinajstić information content (AvgIpc) is 2.37. The quantitative estimate of drug-likeness (QED) is 0.612. The first-order valence-corrected chi connectivity index (χ1v) is 6.86. The highest BCUT2D eigenvalue weighted by Crippen LogP contribution is 2.71. The van der Waals surface area contributed by atoms with Crippen molar-refractivity contribution in [2.45, 2.75) is 45.1 Å². The van der Waals surface area contributed by atoms with Crippen molar-refractivity contribution in [3.8, 4) is 0 Å². The van der Waals surface area contributed by atoms with Gasteiger partial charge in [0.05, 0.1) is 0 Å². The van der Waals surface area contributed by atoms with E-state index in [2.05, 4.69) is 45.0 Å². The topological polar surface area (TPSA) is 3.24 Å². The van der Waals surface area contributed by atoms with Gasteiger partial charge in [-0.3, -0.25) is 0 Å². The van der Waals surface area contributed by atoms with E-state index in [9.17, 15) is 0 Å². The molecule has 0 spiro atoms. The smallest absolute Gasteiger partial charge is 0.0265 e. The van der Waals surface area contributed by atoms with Crippen LogP contribution in [0.2, 0.25) is 0 Å². The predicted molar refractivity (Wildman–Crippen MR) is 68.3 cm³/mol. The zero-order valence-corrected chi connectivity index (χ0v) is 11.2. The molecule has 0 bridgehead atoms. The molecular weight excluding hydrogens is 194 g/mol. The zero-order valence-electron chi connectivity index (χ0n) is 11.2. The molecule has 3 aliphatic carbocycles. The van der Waals surface area contributed by atoms with E-state index >= 15 is 0 Å². The van der Waals surface area contributed by atoms with Crippen LogP contribution in [-0.4, -0.2) is 24.5 Å². The molecule has 1 heteroatoms. The van der Waals surface area contributed by atoms with Crippen LogP contribution in [0.1, 0.15) is 39.5 Å². The molecule has 0 aromatic carbocycles. The van der Waals surface area contributed by atoms with E-state index in [1.54, 1.807) is 0 Å². The van der Waals surface area contributed by atoms with Crippen molar-refractivity contribution in [2.24, 2.45) is 23.2 Å². The summed E-state index contributed by atoms with van der Waals surface area (Å²) in [6.45, 7) is 5.01. The zero-order chi connectivity index (χ0) is 11.6. The highest BCUT2D eigenvalue weighted by molar-refractivity contribution is 5.25. The molecule has 0 amide bonds. The predicted octanol–water partition coefficient (Wildman–Crippen LogP) is 3.32. The number of allylic oxidation sites excluding steroid dienone is 2. The van der Waals surface area contributed by atoms with E-state index in [4.69, 9.17) is 0 Å². The van der Waals surface area contributed by atoms with Gasteiger partial charge in [-0.25, -0.2) is 0 Å². The van der Waals surface area contributed by atoms with Crippen molar-refractivity contribution >= 4 is 0 Å². The highest BCUT2D eigenvalue weighted by atomic mass is 15.2. The third-order valence-corrected chi connectivity index (χ3v) is 6.44. The molecule has 0 heterocycles. The molecule has 0 aromatic heterocycles. The number of rotatable bonds is 1. The molecule has 16 heavy (non-hydrogen) atoms. The van der Waals surface area contributed by atoms with Crippen LogP contribution >= 0.6 is 0 Å². The Balaban J connectivity index is 2.02. The SMILES string of the molecule is CC1C=CCC2CCC3(N(C)C)CC1C23C. The van der Waals surface area contributed by atoms with Crippen molar-refractivity contribution in [2.75, 3.05) is 14.1 Å². The standard InChI is InChI=1S/C15H25N/c1-11-6-5-7-12-8-9-15(16(3)4)10-13(11)14(12,15)2/h5-6,11-13H,7-10H2,1-4H3. The Kier molecular flexibility index (Phi) is 2.12. The van der Waals surface area contributed by atoms with Crippen LogP contribution in [0.5, 0.6) is 0 Å². The van der Waals surface area contributed by atoms with Gasteiger partial charge in [0.2, 0.25) is 0 Å². The molecular formula is C15H25N. The van der Waals surface area contributed by atoms with Gasteiger partial charge in [-0.05, 0) is 62.9 Å². The molecule has 0 saturated heterocycles. The van der Waals surface area contributed by atoms with E-state index in [0.717, 1.165) is 17.8 Å². The van der Waals surface area contributed by atoms with E-state index in [1.165, 1.54) is 25.7 Å². The fourth-order valence-corrected chi connectivity index (χ4v) is 5.35. The first-order chi connectivity index (χ1) is 7.52. The molecule has 0 radical (unpaired) electrons.